The van der Waals surface area contributed by atoms with Crippen molar-refractivity contribution >= 4 is 11.9 Å². The van der Waals surface area contributed by atoms with Crippen LogP contribution in [0.5, 0.6) is 11.5 Å². The van der Waals surface area contributed by atoms with E-state index >= 15 is 0 Å². The molecular weight excluding hydrogens is 416 g/mol. The predicted molar refractivity (Wildman–Crippen MR) is 131 cm³/mol. The number of hydrogen-bond acceptors (Lipinski definition) is 5. The molecule has 5 nitrogen and oxygen atoms in total. The first-order valence-electron chi connectivity index (χ1n) is 11.9. The maximum atomic E-state index is 12.2. The Bertz CT molecular complexity index is 840. The third-order valence-electron chi connectivity index (χ3n) is 5.29. The minimum Gasteiger partial charge on any atom is -0.494 e. The molecule has 0 saturated carbocycles. The molecule has 0 atom stereocenters. The zero-order valence-corrected chi connectivity index (χ0v) is 19.7. The average Bonchev–Trinajstić information content (AvgIpc) is 2.83. The van der Waals surface area contributed by atoms with Crippen LogP contribution < -0.4 is 9.47 Å². The van der Waals surface area contributed by atoms with Crippen LogP contribution >= 0.6 is 0 Å². The molecule has 0 heterocycles. The van der Waals surface area contributed by atoms with Crippen molar-refractivity contribution < 1.29 is 23.8 Å². The van der Waals surface area contributed by atoms with Crippen LogP contribution in [0.2, 0.25) is 0 Å². The van der Waals surface area contributed by atoms with Gasteiger partial charge in [0.1, 0.15) is 11.5 Å². The van der Waals surface area contributed by atoms with Gasteiger partial charge in [-0.2, -0.15) is 0 Å². The minimum absolute atomic E-state index is 0.338. The van der Waals surface area contributed by atoms with Gasteiger partial charge in [0.05, 0.1) is 18.8 Å². The molecule has 33 heavy (non-hydrogen) atoms. The molecular formula is C28H36O5. The van der Waals surface area contributed by atoms with Gasteiger partial charge in [-0.25, -0.2) is 9.59 Å². The maximum Gasteiger partial charge on any atom is 0.343 e. The highest BCUT2D eigenvalue weighted by Gasteiger charge is 2.08. The molecule has 0 unspecified atom stereocenters. The van der Waals surface area contributed by atoms with E-state index in [4.69, 9.17) is 14.2 Å². The van der Waals surface area contributed by atoms with Crippen molar-refractivity contribution in [2.45, 2.75) is 64.7 Å². The number of benzene rings is 2. The van der Waals surface area contributed by atoms with Crippen molar-refractivity contribution in [3.8, 4) is 11.5 Å². The standard InChI is InChI=1S/C28H36O5/c1-3-27(29)32-22-12-10-8-6-4-5-7-9-11-21-31-25-19-15-24(16-20-25)28(30)33-26-17-13-23(2)14-18-26/h3,13-20H,1,4-12,21-22H2,2H3. The molecule has 0 aliphatic heterocycles. The Morgan fingerprint density at radius 3 is 1.82 bits per heavy atom. The normalized spacial score (nSPS) is 10.5. The molecule has 2 aromatic rings. The van der Waals surface area contributed by atoms with Crippen molar-refractivity contribution in [1.82, 2.24) is 0 Å². The number of ether oxygens (including phenoxy) is 3. The first kappa shape index (κ1) is 26.2. The zero-order chi connectivity index (χ0) is 23.7. The Hall–Kier alpha value is -3.08. The van der Waals surface area contributed by atoms with E-state index in [0.717, 1.165) is 37.0 Å². The number of hydrogen-bond donors (Lipinski definition) is 0. The second-order valence-electron chi connectivity index (χ2n) is 8.13. The molecule has 0 radical (unpaired) electrons. The predicted octanol–water partition coefficient (Wildman–Crippen LogP) is 6.83. The van der Waals surface area contributed by atoms with E-state index in [1.807, 2.05) is 31.2 Å². The van der Waals surface area contributed by atoms with Gasteiger partial charge in [0.2, 0.25) is 0 Å². The summed E-state index contributed by atoms with van der Waals surface area (Å²) in [5, 5.41) is 0. The SMILES string of the molecule is C=CC(=O)OCCCCCCCCCCCOc1ccc(C(=O)Oc2ccc(C)cc2)cc1. The Balaban J connectivity index is 1.47. The first-order chi connectivity index (χ1) is 16.1. The summed E-state index contributed by atoms with van der Waals surface area (Å²) in [6.45, 7) is 6.53. The molecule has 0 aliphatic rings. The first-order valence-corrected chi connectivity index (χ1v) is 11.9. The van der Waals surface area contributed by atoms with Crippen molar-refractivity contribution in [2.24, 2.45) is 0 Å². The van der Waals surface area contributed by atoms with Crippen molar-refractivity contribution in [1.29, 1.82) is 0 Å². The zero-order valence-electron chi connectivity index (χ0n) is 19.7. The van der Waals surface area contributed by atoms with Crippen LogP contribution in [0.1, 0.15) is 73.7 Å². The quantitative estimate of drug-likeness (QED) is 0.121. The van der Waals surface area contributed by atoms with Crippen LogP contribution in [0.15, 0.2) is 61.2 Å². The van der Waals surface area contributed by atoms with Gasteiger partial charge >= 0.3 is 11.9 Å². The fourth-order valence-corrected chi connectivity index (χ4v) is 3.32. The van der Waals surface area contributed by atoms with Gasteiger partial charge in [0.25, 0.3) is 0 Å². The Morgan fingerprint density at radius 1 is 0.727 bits per heavy atom. The monoisotopic (exact) mass is 452 g/mol. The summed E-state index contributed by atoms with van der Waals surface area (Å²) in [5.41, 5.74) is 1.62. The highest BCUT2D eigenvalue weighted by molar-refractivity contribution is 5.91. The number of unbranched alkanes of at least 4 members (excludes halogenated alkanes) is 8. The van der Waals surface area contributed by atoms with Gasteiger partial charge in [-0.1, -0.05) is 69.2 Å². The summed E-state index contributed by atoms with van der Waals surface area (Å²) in [4.78, 5) is 23.1. The summed E-state index contributed by atoms with van der Waals surface area (Å²) < 4.78 is 16.1. The highest BCUT2D eigenvalue weighted by Crippen LogP contribution is 2.17. The third-order valence-corrected chi connectivity index (χ3v) is 5.29. The van der Waals surface area contributed by atoms with Crippen LogP contribution in [-0.2, 0) is 9.53 Å². The summed E-state index contributed by atoms with van der Waals surface area (Å²) >= 11 is 0. The van der Waals surface area contributed by atoms with Gasteiger partial charge in [-0.15, -0.1) is 0 Å². The lowest BCUT2D eigenvalue weighted by molar-refractivity contribution is -0.137. The van der Waals surface area contributed by atoms with Crippen LogP contribution in [-0.4, -0.2) is 25.2 Å². The molecule has 0 saturated heterocycles. The van der Waals surface area contributed by atoms with E-state index in [-0.39, 0.29) is 11.9 Å². The largest absolute Gasteiger partial charge is 0.494 e. The van der Waals surface area contributed by atoms with Crippen molar-refractivity contribution in [2.75, 3.05) is 13.2 Å². The van der Waals surface area contributed by atoms with Crippen molar-refractivity contribution in [3.63, 3.8) is 0 Å². The molecule has 178 valence electrons. The van der Waals surface area contributed by atoms with E-state index in [9.17, 15) is 9.59 Å². The van der Waals surface area contributed by atoms with Gasteiger partial charge in [0.15, 0.2) is 0 Å². The fraction of sp³-hybridized carbons (Fsp3) is 0.429. The second-order valence-corrected chi connectivity index (χ2v) is 8.13. The lowest BCUT2D eigenvalue weighted by Gasteiger charge is -2.08. The molecule has 2 rings (SSSR count). The van der Waals surface area contributed by atoms with Gasteiger partial charge < -0.3 is 14.2 Å². The number of rotatable bonds is 16. The summed E-state index contributed by atoms with van der Waals surface area (Å²) in [6.07, 6.45) is 11.5. The Morgan fingerprint density at radius 2 is 1.24 bits per heavy atom. The molecule has 2 aromatic carbocycles. The topological polar surface area (TPSA) is 61.8 Å². The van der Waals surface area contributed by atoms with E-state index < -0.39 is 0 Å². The average molecular weight is 453 g/mol. The van der Waals surface area contributed by atoms with E-state index in [2.05, 4.69) is 6.58 Å². The Labute approximate surface area is 197 Å². The molecule has 0 spiro atoms. The Kier molecular flexibility index (Phi) is 12.4. The third kappa shape index (κ3) is 11.4. The van der Waals surface area contributed by atoms with Crippen LogP contribution in [0.25, 0.3) is 0 Å². The summed E-state index contributed by atoms with van der Waals surface area (Å²) in [5.74, 6) is 0.592. The lowest BCUT2D eigenvalue weighted by atomic mass is 10.1. The fourth-order valence-electron chi connectivity index (χ4n) is 3.32. The van der Waals surface area contributed by atoms with Gasteiger partial charge in [-0.05, 0) is 56.2 Å². The molecule has 0 bridgehead atoms. The van der Waals surface area contributed by atoms with Crippen LogP contribution in [0.4, 0.5) is 0 Å². The molecule has 0 aliphatic carbocycles. The van der Waals surface area contributed by atoms with Crippen LogP contribution in [0.3, 0.4) is 0 Å². The molecule has 0 amide bonds. The molecule has 5 heteroatoms. The van der Waals surface area contributed by atoms with E-state index in [1.165, 1.54) is 38.2 Å². The second kappa shape index (κ2) is 15.7. The smallest absolute Gasteiger partial charge is 0.343 e. The number of esters is 2. The number of carbonyl (C=O) groups is 2. The van der Waals surface area contributed by atoms with E-state index in [1.54, 1.807) is 24.3 Å². The highest BCUT2D eigenvalue weighted by atomic mass is 16.5. The summed E-state index contributed by atoms with van der Waals surface area (Å²) in [7, 11) is 0. The van der Waals surface area contributed by atoms with E-state index in [0.29, 0.717) is 24.5 Å². The lowest BCUT2D eigenvalue weighted by Crippen LogP contribution is -2.08. The van der Waals surface area contributed by atoms with Crippen LogP contribution in [0, 0.1) is 6.92 Å². The molecule has 0 N–H and O–H groups in total. The van der Waals surface area contributed by atoms with Gasteiger partial charge in [0, 0.05) is 6.08 Å². The number of carbonyl (C=O) groups excluding carboxylic acids is 2. The maximum absolute atomic E-state index is 12.2. The van der Waals surface area contributed by atoms with Crippen molar-refractivity contribution in [3.05, 3.63) is 72.3 Å². The van der Waals surface area contributed by atoms with Gasteiger partial charge in [-0.3, -0.25) is 0 Å². The number of aryl methyl sites for hydroxylation is 1. The molecule has 0 fully saturated rings. The minimum atomic E-state index is -0.374. The summed E-state index contributed by atoms with van der Waals surface area (Å²) in [6, 6.07) is 14.5. The molecule has 0 aromatic heterocycles.